The molecule has 0 atom stereocenters. The van der Waals surface area contributed by atoms with Crippen LogP contribution in [0.1, 0.15) is 5.56 Å². The van der Waals surface area contributed by atoms with Gasteiger partial charge in [0.1, 0.15) is 5.75 Å². The Morgan fingerprint density at radius 1 is 1.43 bits per heavy atom. The van der Waals surface area contributed by atoms with E-state index in [1.165, 1.54) is 10.9 Å². The molecular formula is C11H14N2O. The molecule has 0 saturated heterocycles. The van der Waals surface area contributed by atoms with Crippen LogP contribution in [-0.4, -0.2) is 16.7 Å². The van der Waals surface area contributed by atoms with Crippen molar-refractivity contribution < 1.29 is 5.11 Å². The minimum absolute atomic E-state index is 0.315. The fourth-order valence-electron chi connectivity index (χ4n) is 1.79. The van der Waals surface area contributed by atoms with Gasteiger partial charge in [0, 0.05) is 31.2 Å². The number of aryl methyl sites for hydroxylation is 1. The molecular weight excluding hydrogens is 176 g/mol. The van der Waals surface area contributed by atoms with Crippen molar-refractivity contribution >= 4 is 10.9 Å². The highest BCUT2D eigenvalue weighted by Crippen LogP contribution is 2.24. The monoisotopic (exact) mass is 190 g/mol. The summed E-state index contributed by atoms with van der Waals surface area (Å²) in [5.74, 6) is 0.315. The van der Waals surface area contributed by atoms with Gasteiger partial charge < -0.3 is 15.0 Å². The molecule has 0 aliphatic carbocycles. The van der Waals surface area contributed by atoms with E-state index in [1.54, 1.807) is 12.1 Å². The second-order valence-corrected chi connectivity index (χ2v) is 3.50. The summed E-state index contributed by atoms with van der Waals surface area (Å²) in [6, 6.07) is 5.47. The summed E-state index contributed by atoms with van der Waals surface area (Å²) in [5, 5.41) is 13.7. The summed E-state index contributed by atoms with van der Waals surface area (Å²) in [6.45, 7) is 0.849. The van der Waals surface area contributed by atoms with Crippen LogP contribution in [0.15, 0.2) is 24.4 Å². The molecule has 0 bridgehead atoms. The van der Waals surface area contributed by atoms with Gasteiger partial charge in [-0.2, -0.15) is 0 Å². The molecule has 2 aromatic rings. The van der Waals surface area contributed by atoms with Crippen LogP contribution in [0.5, 0.6) is 5.75 Å². The molecule has 0 aliphatic heterocycles. The van der Waals surface area contributed by atoms with Crippen molar-refractivity contribution in [3.8, 4) is 5.75 Å². The van der Waals surface area contributed by atoms with Crippen molar-refractivity contribution in [1.29, 1.82) is 0 Å². The van der Waals surface area contributed by atoms with Gasteiger partial charge in [0.25, 0.3) is 0 Å². The van der Waals surface area contributed by atoms with E-state index in [0.717, 1.165) is 12.1 Å². The van der Waals surface area contributed by atoms with E-state index in [4.69, 9.17) is 0 Å². The summed E-state index contributed by atoms with van der Waals surface area (Å²) in [7, 11) is 3.92. The Bertz CT molecular complexity index is 460. The zero-order chi connectivity index (χ0) is 10.1. The van der Waals surface area contributed by atoms with Crippen molar-refractivity contribution in [1.82, 2.24) is 9.88 Å². The summed E-state index contributed by atoms with van der Waals surface area (Å²) in [6.07, 6.45) is 2.08. The first kappa shape index (κ1) is 9.09. The molecule has 3 heteroatoms. The normalized spacial score (nSPS) is 11.0. The summed E-state index contributed by atoms with van der Waals surface area (Å²) in [4.78, 5) is 0. The highest BCUT2D eigenvalue weighted by Gasteiger charge is 2.05. The Hall–Kier alpha value is -1.48. The number of nitrogens with zero attached hydrogens (tertiary/aromatic N) is 1. The SMILES string of the molecule is CNCc1cn(C)c2cc(O)ccc12. The minimum atomic E-state index is 0.315. The molecule has 0 saturated carbocycles. The number of phenolic OH excluding ortho intramolecular Hbond substituents is 1. The van der Waals surface area contributed by atoms with Gasteiger partial charge in [0.05, 0.1) is 5.52 Å². The average Bonchev–Trinajstić information content (AvgIpc) is 2.44. The van der Waals surface area contributed by atoms with Crippen LogP contribution in [-0.2, 0) is 13.6 Å². The fourth-order valence-corrected chi connectivity index (χ4v) is 1.79. The van der Waals surface area contributed by atoms with E-state index in [2.05, 4.69) is 11.5 Å². The zero-order valence-corrected chi connectivity index (χ0v) is 8.41. The molecule has 0 unspecified atom stereocenters. The molecule has 1 aromatic heterocycles. The van der Waals surface area contributed by atoms with Crippen LogP contribution in [0.3, 0.4) is 0 Å². The third-order valence-electron chi connectivity index (χ3n) is 2.42. The van der Waals surface area contributed by atoms with Gasteiger partial charge >= 0.3 is 0 Å². The number of benzene rings is 1. The van der Waals surface area contributed by atoms with E-state index in [9.17, 15) is 5.11 Å². The van der Waals surface area contributed by atoms with Crippen LogP contribution in [0.4, 0.5) is 0 Å². The number of hydrogen-bond donors (Lipinski definition) is 2. The van der Waals surface area contributed by atoms with Gasteiger partial charge in [-0.15, -0.1) is 0 Å². The topological polar surface area (TPSA) is 37.2 Å². The summed E-state index contributed by atoms with van der Waals surface area (Å²) < 4.78 is 2.03. The lowest BCUT2D eigenvalue weighted by molar-refractivity contribution is 0.476. The first-order chi connectivity index (χ1) is 6.72. The minimum Gasteiger partial charge on any atom is -0.508 e. The molecule has 1 aromatic carbocycles. The Morgan fingerprint density at radius 3 is 2.93 bits per heavy atom. The second kappa shape index (κ2) is 3.35. The fraction of sp³-hybridized carbons (Fsp3) is 0.273. The zero-order valence-electron chi connectivity index (χ0n) is 8.41. The van der Waals surface area contributed by atoms with Crippen LogP contribution in [0.25, 0.3) is 10.9 Å². The molecule has 0 radical (unpaired) electrons. The Labute approximate surface area is 83.0 Å². The number of fused-ring (bicyclic) bond motifs is 1. The van der Waals surface area contributed by atoms with Gasteiger partial charge in [-0.25, -0.2) is 0 Å². The molecule has 2 N–H and O–H groups in total. The van der Waals surface area contributed by atoms with Crippen LogP contribution < -0.4 is 5.32 Å². The third kappa shape index (κ3) is 1.36. The molecule has 0 aliphatic rings. The molecule has 74 valence electrons. The number of aromatic hydroxyl groups is 1. The maximum atomic E-state index is 9.36. The molecule has 3 nitrogen and oxygen atoms in total. The lowest BCUT2D eigenvalue weighted by Gasteiger charge is -1.97. The highest BCUT2D eigenvalue weighted by molar-refractivity contribution is 5.85. The van der Waals surface area contributed by atoms with Crippen molar-refractivity contribution in [3.63, 3.8) is 0 Å². The molecule has 14 heavy (non-hydrogen) atoms. The van der Waals surface area contributed by atoms with Crippen LogP contribution in [0.2, 0.25) is 0 Å². The maximum absolute atomic E-state index is 9.36. The van der Waals surface area contributed by atoms with Gasteiger partial charge in [-0.3, -0.25) is 0 Å². The first-order valence-electron chi connectivity index (χ1n) is 4.64. The average molecular weight is 190 g/mol. The summed E-state index contributed by atoms with van der Waals surface area (Å²) in [5.41, 5.74) is 2.32. The Kier molecular flexibility index (Phi) is 2.17. The third-order valence-corrected chi connectivity index (χ3v) is 2.42. The lowest BCUT2D eigenvalue weighted by atomic mass is 10.1. The Balaban J connectivity index is 2.65. The van der Waals surface area contributed by atoms with E-state index in [0.29, 0.717) is 5.75 Å². The Morgan fingerprint density at radius 2 is 2.21 bits per heavy atom. The quantitative estimate of drug-likeness (QED) is 0.754. The molecule has 1 heterocycles. The second-order valence-electron chi connectivity index (χ2n) is 3.50. The number of rotatable bonds is 2. The largest absolute Gasteiger partial charge is 0.508 e. The van der Waals surface area contributed by atoms with Crippen molar-refractivity contribution in [2.24, 2.45) is 7.05 Å². The summed E-state index contributed by atoms with van der Waals surface area (Å²) >= 11 is 0. The van der Waals surface area contributed by atoms with Gasteiger partial charge in [-0.1, -0.05) is 0 Å². The first-order valence-corrected chi connectivity index (χ1v) is 4.64. The number of aromatic nitrogens is 1. The van der Waals surface area contributed by atoms with Gasteiger partial charge in [0.2, 0.25) is 0 Å². The smallest absolute Gasteiger partial charge is 0.117 e. The van der Waals surface area contributed by atoms with E-state index in [1.807, 2.05) is 24.7 Å². The van der Waals surface area contributed by atoms with Crippen molar-refractivity contribution in [2.45, 2.75) is 6.54 Å². The predicted molar refractivity (Wildman–Crippen MR) is 57.3 cm³/mol. The van der Waals surface area contributed by atoms with E-state index >= 15 is 0 Å². The predicted octanol–water partition coefficient (Wildman–Crippen LogP) is 1.60. The van der Waals surface area contributed by atoms with Crippen molar-refractivity contribution in [2.75, 3.05) is 7.05 Å². The molecule has 0 amide bonds. The number of hydrogen-bond acceptors (Lipinski definition) is 2. The standard InChI is InChI=1S/C11H14N2O/c1-12-6-8-7-13(2)11-5-9(14)3-4-10(8)11/h3-5,7,12,14H,6H2,1-2H3. The van der Waals surface area contributed by atoms with Gasteiger partial charge in [0.15, 0.2) is 0 Å². The van der Waals surface area contributed by atoms with Crippen molar-refractivity contribution in [3.05, 3.63) is 30.0 Å². The van der Waals surface area contributed by atoms with Crippen LogP contribution in [0, 0.1) is 0 Å². The molecule has 0 spiro atoms. The van der Waals surface area contributed by atoms with Gasteiger partial charge in [-0.05, 0) is 24.7 Å². The van der Waals surface area contributed by atoms with E-state index < -0.39 is 0 Å². The maximum Gasteiger partial charge on any atom is 0.117 e. The van der Waals surface area contributed by atoms with E-state index in [-0.39, 0.29) is 0 Å². The lowest BCUT2D eigenvalue weighted by Crippen LogP contribution is -2.04. The molecule has 0 fully saturated rings. The number of nitrogens with one attached hydrogen (secondary N) is 1. The number of phenols is 1. The highest BCUT2D eigenvalue weighted by atomic mass is 16.3. The molecule has 2 rings (SSSR count). The van der Waals surface area contributed by atoms with Crippen LogP contribution >= 0.6 is 0 Å².